The molecule has 1 saturated heterocycles. The molecule has 2 heterocycles. The quantitative estimate of drug-likeness (QED) is 0.264. The maximum absolute atomic E-state index is 12.1. The molecule has 0 unspecified atom stereocenters. The third-order valence-corrected chi connectivity index (χ3v) is 6.01. The number of aromatic nitrogens is 2. The first kappa shape index (κ1) is 23.3. The van der Waals surface area contributed by atoms with E-state index in [0.29, 0.717) is 54.6 Å². The fraction of sp³-hybridized carbons (Fsp3) is 0.391. The van der Waals surface area contributed by atoms with E-state index in [4.69, 9.17) is 14.1 Å². The van der Waals surface area contributed by atoms with E-state index in [0.717, 1.165) is 18.7 Å². The predicted octanol–water partition coefficient (Wildman–Crippen LogP) is 3.09. The number of nitro groups is 1. The Balaban J connectivity index is 1.80. The molecule has 34 heavy (non-hydrogen) atoms. The van der Waals surface area contributed by atoms with Crippen LogP contribution in [0.15, 0.2) is 41.5 Å². The van der Waals surface area contributed by atoms with Crippen molar-refractivity contribution in [1.29, 1.82) is 0 Å². The SMILES string of the molecule is C=CCN(Cc1ccc(OC)c(OC)c1)c1cc(N2CCN(C)CC2)c([N+](=O)[O-])c2nonc12. The van der Waals surface area contributed by atoms with Gasteiger partial charge in [-0.15, -0.1) is 6.58 Å². The first-order valence-corrected chi connectivity index (χ1v) is 10.9. The molecule has 0 saturated carbocycles. The van der Waals surface area contributed by atoms with E-state index in [1.54, 1.807) is 20.3 Å². The number of anilines is 2. The zero-order valence-electron chi connectivity index (χ0n) is 19.6. The van der Waals surface area contributed by atoms with E-state index in [9.17, 15) is 10.1 Å². The maximum Gasteiger partial charge on any atom is 0.323 e. The largest absolute Gasteiger partial charge is 0.493 e. The topological polar surface area (TPSA) is 110 Å². The van der Waals surface area contributed by atoms with Crippen molar-refractivity contribution >= 4 is 28.1 Å². The van der Waals surface area contributed by atoms with Crippen LogP contribution < -0.4 is 19.3 Å². The lowest BCUT2D eigenvalue weighted by Crippen LogP contribution is -2.44. The van der Waals surface area contributed by atoms with Crippen LogP contribution in [0.25, 0.3) is 11.0 Å². The van der Waals surface area contributed by atoms with Crippen LogP contribution in [-0.2, 0) is 6.54 Å². The summed E-state index contributed by atoms with van der Waals surface area (Å²) >= 11 is 0. The van der Waals surface area contributed by atoms with Crippen molar-refractivity contribution in [2.45, 2.75) is 6.54 Å². The van der Waals surface area contributed by atoms with Gasteiger partial charge in [-0.3, -0.25) is 10.1 Å². The van der Waals surface area contributed by atoms with Crippen molar-refractivity contribution < 1.29 is 19.0 Å². The van der Waals surface area contributed by atoms with Gasteiger partial charge < -0.3 is 24.2 Å². The van der Waals surface area contributed by atoms with E-state index < -0.39 is 4.92 Å². The minimum Gasteiger partial charge on any atom is -0.493 e. The van der Waals surface area contributed by atoms with E-state index in [1.165, 1.54) is 0 Å². The summed E-state index contributed by atoms with van der Waals surface area (Å²) in [5.74, 6) is 1.26. The molecule has 2 aromatic carbocycles. The smallest absolute Gasteiger partial charge is 0.323 e. The standard InChI is InChI=1S/C23H28N6O5/c1-5-8-28(15-16-6-7-19(32-3)20(13-16)33-4)17-14-18(27-11-9-26(2)10-12-27)23(29(30)31)22-21(17)24-34-25-22/h5-7,13-14H,1,8-12,15H2,2-4H3. The van der Waals surface area contributed by atoms with Crippen molar-refractivity contribution in [2.75, 3.05) is 63.8 Å². The number of nitrogens with zero attached hydrogens (tertiary/aromatic N) is 6. The molecule has 3 aromatic rings. The lowest BCUT2D eigenvalue weighted by atomic mass is 10.1. The number of fused-ring (bicyclic) bond motifs is 1. The van der Waals surface area contributed by atoms with Crippen LogP contribution in [0.5, 0.6) is 11.5 Å². The Hall–Kier alpha value is -3.86. The molecule has 4 rings (SSSR count). The lowest BCUT2D eigenvalue weighted by Gasteiger charge is -2.34. The molecule has 180 valence electrons. The van der Waals surface area contributed by atoms with Crippen LogP contribution in [0.2, 0.25) is 0 Å². The summed E-state index contributed by atoms with van der Waals surface area (Å²) in [6, 6.07) is 7.52. The second kappa shape index (κ2) is 9.96. The molecule has 11 nitrogen and oxygen atoms in total. The van der Waals surface area contributed by atoms with Crippen LogP contribution in [0.3, 0.4) is 0 Å². The Morgan fingerprint density at radius 2 is 1.85 bits per heavy atom. The summed E-state index contributed by atoms with van der Waals surface area (Å²) in [5.41, 5.74) is 2.55. The van der Waals surface area contributed by atoms with Crippen LogP contribution in [0.1, 0.15) is 5.56 Å². The van der Waals surface area contributed by atoms with Gasteiger partial charge in [0.05, 0.1) is 24.8 Å². The Kier molecular flexibility index (Phi) is 6.82. The second-order valence-corrected chi connectivity index (χ2v) is 8.13. The molecule has 0 bridgehead atoms. The lowest BCUT2D eigenvalue weighted by molar-refractivity contribution is -0.382. The molecule has 0 N–H and O–H groups in total. The highest BCUT2D eigenvalue weighted by Gasteiger charge is 2.31. The van der Waals surface area contributed by atoms with Gasteiger partial charge in [-0.1, -0.05) is 12.1 Å². The molecule has 1 aliphatic heterocycles. The van der Waals surface area contributed by atoms with Crippen LogP contribution in [0.4, 0.5) is 17.1 Å². The van der Waals surface area contributed by atoms with Gasteiger partial charge in [0.1, 0.15) is 5.69 Å². The van der Waals surface area contributed by atoms with Gasteiger partial charge in [-0.05, 0) is 41.1 Å². The number of benzene rings is 2. The van der Waals surface area contributed by atoms with Gasteiger partial charge >= 0.3 is 5.69 Å². The monoisotopic (exact) mass is 468 g/mol. The molecule has 1 aromatic heterocycles. The summed E-state index contributed by atoms with van der Waals surface area (Å²) in [6.07, 6.45) is 1.77. The number of likely N-dealkylation sites (N-methyl/N-ethyl adjacent to an activating group) is 1. The maximum atomic E-state index is 12.1. The van der Waals surface area contributed by atoms with Crippen molar-refractivity contribution in [3.63, 3.8) is 0 Å². The zero-order valence-corrected chi connectivity index (χ0v) is 19.6. The highest BCUT2D eigenvalue weighted by molar-refractivity contribution is 6.00. The summed E-state index contributed by atoms with van der Waals surface area (Å²) in [6.45, 7) is 7.82. The first-order valence-electron chi connectivity index (χ1n) is 10.9. The van der Waals surface area contributed by atoms with Crippen molar-refractivity contribution in [3.05, 3.63) is 52.6 Å². The molecule has 0 radical (unpaired) electrons. The van der Waals surface area contributed by atoms with Gasteiger partial charge in [0.15, 0.2) is 17.0 Å². The molecular weight excluding hydrogens is 440 g/mol. The van der Waals surface area contributed by atoms with Crippen molar-refractivity contribution in [3.8, 4) is 11.5 Å². The molecule has 0 spiro atoms. The zero-order chi connectivity index (χ0) is 24.2. The Bertz CT molecular complexity index is 1190. The Labute approximate surface area is 197 Å². The third-order valence-electron chi connectivity index (χ3n) is 6.01. The number of nitro benzene ring substituents is 1. The molecule has 1 aliphatic rings. The van der Waals surface area contributed by atoms with Crippen LogP contribution in [-0.4, -0.2) is 74.1 Å². The normalized spacial score (nSPS) is 14.3. The van der Waals surface area contributed by atoms with Gasteiger partial charge in [0.2, 0.25) is 5.52 Å². The molecule has 0 amide bonds. The minimum atomic E-state index is -0.407. The van der Waals surface area contributed by atoms with Gasteiger partial charge in [0.25, 0.3) is 0 Å². The highest BCUT2D eigenvalue weighted by Crippen LogP contribution is 2.41. The number of rotatable bonds is 9. The number of methoxy groups -OCH3 is 2. The van der Waals surface area contributed by atoms with Gasteiger partial charge in [0, 0.05) is 39.3 Å². The summed E-state index contributed by atoms with van der Waals surface area (Å²) in [7, 11) is 5.22. The molecule has 0 atom stereocenters. The fourth-order valence-corrected chi connectivity index (χ4v) is 4.21. The number of piperazine rings is 1. The molecule has 1 fully saturated rings. The van der Waals surface area contributed by atoms with Crippen LogP contribution in [0, 0.1) is 10.1 Å². The average Bonchev–Trinajstić information content (AvgIpc) is 3.32. The van der Waals surface area contributed by atoms with Gasteiger partial charge in [-0.2, -0.15) is 0 Å². The second-order valence-electron chi connectivity index (χ2n) is 8.13. The van der Waals surface area contributed by atoms with Crippen molar-refractivity contribution in [2.24, 2.45) is 0 Å². The van der Waals surface area contributed by atoms with E-state index in [2.05, 4.69) is 21.8 Å². The third kappa shape index (κ3) is 4.46. The average molecular weight is 469 g/mol. The summed E-state index contributed by atoms with van der Waals surface area (Å²) in [4.78, 5) is 17.9. The minimum absolute atomic E-state index is 0.0887. The Morgan fingerprint density at radius 3 is 2.50 bits per heavy atom. The summed E-state index contributed by atoms with van der Waals surface area (Å²) < 4.78 is 15.8. The number of hydrogen-bond donors (Lipinski definition) is 0. The van der Waals surface area contributed by atoms with E-state index >= 15 is 0 Å². The number of ether oxygens (including phenoxy) is 2. The first-order chi connectivity index (χ1) is 16.5. The van der Waals surface area contributed by atoms with Crippen LogP contribution >= 0.6 is 0 Å². The van der Waals surface area contributed by atoms with Crippen molar-refractivity contribution in [1.82, 2.24) is 15.2 Å². The van der Waals surface area contributed by atoms with E-state index in [1.807, 2.05) is 41.1 Å². The summed E-state index contributed by atoms with van der Waals surface area (Å²) in [5, 5.41) is 20.0. The molecular formula is C23H28N6O5. The number of hydrogen-bond acceptors (Lipinski definition) is 10. The van der Waals surface area contributed by atoms with Gasteiger partial charge in [-0.25, -0.2) is 4.63 Å². The fourth-order valence-electron chi connectivity index (χ4n) is 4.21. The molecule has 0 aliphatic carbocycles. The highest BCUT2D eigenvalue weighted by atomic mass is 16.6. The molecule has 11 heteroatoms. The Morgan fingerprint density at radius 1 is 1.15 bits per heavy atom. The van der Waals surface area contributed by atoms with E-state index in [-0.39, 0.29) is 11.2 Å². The predicted molar refractivity (Wildman–Crippen MR) is 129 cm³/mol.